The Balaban J connectivity index is 1.42. The Bertz CT molecular complexity index is 1250. The first kappa shape index (κ1) is 17.8. The van der Waals surface area contributed by atoms with E-state index in [1.165, 1.54) is 4.88 Å². The molecule has 0 N–H and O–H groups in total. The van der Waals surface area contributed by atoms with Crippen LogP contribution in [-0.4, -0.2) is 10.7 Å². The first-order valence-corrected chi connectivity index (χ1v) is 11.0. The highest BCUT2D eigenvalue weighted by atomic mass is 35.5. The number of fused-ring (bicyclic) bond motifs is 3. The molecule has 30 heavy (non-hydrogen) atoms. The first-order valence-electron chi connectivity index (χ1n) is 9.78. The number of halogens is 1. The van der Waals surface area contributed by atoms with Crippen molar-refractivity contribution < 1.29 is 9.15 Å². The molecular formula is C24H17ClN2O2S. The van der Waals surface area contributed by atoms with Crippen molar-refractivity contribution in [1.29, 1.82) is 0 Å². The number of furan rings is 1. The molecule has 2 aliphatic rings. The Morgan fingerprint density at radius 1 is 0.967 bits per heavy atom. The van der Waals surface area contributed by atoms with Crippen LogP contribution in [0.4, 0.5) is 0 Å². The van der Waals surface area contributed by atoms with E-state index in [1.54, 1.807) is 11.3 Å². The van der Waals surface area contributed by atoms with E-state index in [4.69, 9.17) is 25.9 Å². The van der Waals surface area contributed by atoms with Crippen molar-refractivity contribution in [3.8, 4) is 17.1 Å². The quantitative estimate of drug-likeness (QED) is 0.353. The number of rotatable bonds is 3. The van der Waals surface area contributed by atoms with Gasteiger partial charge in [0.15, 0.2) is 5.76 Å². The zero-order valence-corrected chi connectivity index (χ0v) is 17.4. The molecule has 0 radical (unpaired) electrons. The lowest BCUT2D eigenvalue weighted by Gasteiger charge is -2.36. The van der Waals surface area contributed by atoms with Crippen LogP contribution in [0.15, 0.2) is 87.7 Å². The van der Waals surface area contributed by atoms with Gasteiger partial charge in [0.25, 0.3) is 0 Å². The number of benzene rings is 2. The van der Waals surface area contributed by atoms with Gasteiger partial charge in [0.05, 0.1) is 21.7 Å². The third-order valence-electron chi connectivity index (χ3n) is 5.51. The molecule has 0 saturated carbocycles. The Hall–Kier alpha value is -3.02. The van der Waals surface area contributed by atoms with Crippen molar-refractivity contribution in [3.63, 3.8) is 0 Å². The predicted molar refractivity (Wildman–Crippen MR) is 119 cm³/mol. The fraction of sp³-hybridized carbons (Fsp3) is 0.125. The van der Waals surface area contributed by atoms with Gasteiger partial charge in [-0.1, -0.05) is 48.0 Å². The highest BCUT2D eigenvalue weighted by Crippen LogP contribution is 2.48. The summed E-state index contributed by atoms with van der Waals surface area (Å²) in [5.74, 6) is 2.30. The summed E-state index contributed by atoms with van der Waals surface area (Å²) in [7, 11) is 0. The second-order valence-corrected chi connectivity index (χ2v) is 8.67. The summed E-state index contributed by atoms with van der Waals surface area (Å²) in [6.45, 7) is 0. The molecule has 148 valence electrons. The van der Waals surface area contributed by atoms with Crippen molar-refractivity contribution >= 4 is 28.6 Å². The Morgan fingerprint density at radius 2 is 1.83 bits per heavy atom. The maximum absolute atomic E-state index is 6.37. The maximum atomic E-state index is 6.37. The molecule has 0 spiro atoms. The van der Waals surface area contributed by atoms with Crippen molar-refractivity contribution in [2.24, 2.45) is 5.10 Å². The fourth-order valence-electron chi connectivity index (χ4n) is 4.10. The summed E-state index contributed by atoms with van der Waals surface area (Å²) >= 11 is 8.07. The van der Waals surface area contributed by atoms with Gasteiger partial charge in [-0.25, -0.2) is 5.01 Å². The van der Waals surface area contributed by atoms with Gasteiger partial charge < -0.3 is 9.15 Å². The Labute approximate surface area is 183 Å². The topological polar surface area (TPSA) is 38.0 Å². The SMILES string of the molecule is Clc1ccccc1-c1ccc(C2Oc3ccccc3C3CC(c4cccs4)=NN32)o1. The summed E-state index contributed by atoms with van der Waals surface area (Å²) in [5.41, 5.74) is 3.10. The number of nitrogens with zero attached hydrogens (tertiary/aromatic N) is 2. The van der Waals surface area contributed by atoms with Crippen LogP contribution in [0.25, 0.3) is 11.3 Å². The lowest BCUT2D eigenvalue weighted by atomic mass is 9.98. The average molecular weight is 433 g/mol. The molecular weight excluding hydrogens is 416 g/mol. The third kappa shape index (κ3) is 2.85. The number of hydrazone groups is 1. The van der Waals surface area contributed by atoms with E-state index in [0.29, 0.717) is 10.8 Å². The number of hydrogen-bond acceptors (Lipinski definition) is 5. The van der Waals surface area contributed by atoms with Gasteiger partial charge in [0, 0.05) is 17.5 Å². The molecule has 0 fully saturated rings. The van der Waals surface area contributed by atoms with Crippen LogP contribution in [0.2, 0.25) is 5.02 Å². The highest BCUT2D eigenvalue weighted by molar-refractivity contribution is 7.12. The molecule has 2 aromatic carbocycles. The number of para-hydroxylation sites is 1. The molecule has 2 aliphatic heterocycles. The summed E-state index contributed by atoms with van der Waals surface area (Å²) in [6, 6.07) is 24.0. The van der Waals surface area contributed by atoms with Gasteiger partial charge >= 0.3 is 0 Å². The zero-order valence-electron chi connectivity index (χ0n) is 15.9. The van der Waals surface area contributed by atoms with Gasteiger partial charge in [0.1, 0.15) is 11.5 Å². The van der Waals surface area contributed by atoms with Crippen LogP contribution in [0.5, 0.6) is 5.75 Å². The van der Waals surface area contributed by atoms with E-state index in [2.05, 4.69) is 23.6 Å². The van der Waals surface area contributed by atoms with Crippen LogP contribution >= 0.6 is 22.9 Å². The van der Waals surface area contributed by atoms with Gasteiger partial charge in [-0.05, 0) is 41.8 Å². The van der Waals surface area contributed by atoms with E-state index >= 15 is 0 Å². The van der Waals surface area contributed by atoms with Crippen LogP contribution < -0.4 is 4.74 Å². The third-order valence-corrected chi connectivity index (χ3v) is 6.76. The Morgan fingerprint density at radius 3 is 2.70 bits per heavy atom. The molecule has 2 unspecified atom stereocenters. The molecule has 0 bridgehead atoms. The van der Waals surface area contributed by atoms with Crippen LogP contribution in [0, 0.1) is 0 Å². The number of ether oxygens (including phenoxy) is 1. The standard InChI is InChI=1S/C24H17ClN2O2S/c25-17-8-3-1-6-15(17)21-11-12-22(28-21)24-27-19(16-7-2-4-9-20(16)29-24)14-18(26-27)23-10-5-13-30-23/h1-13,19,24H,14H2. The zero-order chi connectivity index (χ0) is 20.1. The molecule has 4 aromatic rings. The van der Waals surface area contributed by atoms with Gasteiger partial charge in [-0.15, -0.1) is 11.3 Å². The maximum Gasteiger partial charge on any atom is 0.246 e. The van der Waals surface area contributed by atoms with Crippen LogP contribution in [0.3, 0.4) is 0 Å². The molecule has 2 atom stereocenters. The van der Waals surface area contributed by atoms with Crippen LogP contribution in [-0.2, 0) is 0 Å². The molecule has 6 rings (SSSR count). The fourth-order valence-corrected chi connectivity index (χ4v) is 5.05. The largest absolute Gasteiger partial charge is 0.461 e. The van der Waals surface area contributed by atoms with Crippen molar-refractivity contribution in [2.45, 2.75) is 18.7 Å². The molecule has 6 heteroatoms. The molecule has 4 nitrogen and oxygen atoms in total. The van der Waals surface area contributed by atoms with Gasteiger partial charge in [-0.3, -0.25) is 0 Å². The van der Waals surface area contributed by atoms with Crippen molar-refractivity contribution in [3.05, 3.63) is 99.4 Å². The smallest absolute Gasteiger partial charge is 0.246 e. The molecule has 0 amide bonds. The second-order valence-electron chi connectivity index (χ2n) is 7.31. The first-order chi connectivity index (χ1) is 14.8. The van der Waals surface area contributed by atoms with E-state index in [0.717, 1.165) is 34.8 Å². The average Bonchev–Trinajstić information content (AvgIpc) is 3.53. The molecule has 4 heterocycles. The summed E-state index contributed by atoms with van der Waals surface area (Å²) in [6.07, 6.45) is 0.411. The lowest BCUT2D eigenvalue weighted by molar-refractivity contribution is -0.0321. The van der Waals surface area contributed by atoms with E-state index in [-0.39, 0.29) is 6.04 Å². The number of thiophene rings is 1. The van der Waals surface area contributed by atoms with Gasteiger partial charge in [-0.2, -0.15) is 5.10 Å². The van der Waals surface area contributed by atoms with E-state index < -0.39 is 6.23 Å². The second kappa shape index (κ2) is 7.04. The van der Waals surface area contributed by atoms with Gasteiger partial charge in [0.2, 0.25) is 6.23 Å². The molecule has 0 aliphatic carbocycles. The number of hydrogen-bond donors (Lipinski definition) is 0. The molecule has 2 aromatic heterocycles. The minimum Gasteiger partial charge on any atom is -0.461 e. The highest BCUT2D eigenvalue weighted by Gasteiger charge is 2.42. The predicted octanol–water partition coefficient (Wildman–Crippen LogP) is 6.90. The summed E-state index contributed by atoms with van der Waals surface area (Å²) < 4.78 is 12.6. The van der Waals surface area contributed by atoms with E-state index in [9.17, 15) is 0 Å². The lowest BCUT2D eigenvalue weighted by Crippen LogP contribution is -2.33. The van der Waals surface area contributed by atoms with Crippen molar-refractivity contribution in [2.75, 3.05) is 0 Å². The Kier molecular flexibility index (Phi) is 4.18. The molecule has 0 saturated heterocycles. The normalized spacial score (nSPS) is 19.8. The minimum atomic E-state index is -0.432. The van der Waals surface area contributed by atoms with E-state index in [1.807, 2.05) is 59.6 Å². The minimum absolute atomic E-state index is 0.117. The monoisotopic (exact) mass is 432 g/mol. The van der Waals surface area contributed by atoms with Crippen LogP contribution in [0.1, 0.15) is 34.9 Å². The summed E-state index contributed by atoms with van der Waals surface area (Å²) in [5, 5.41) is 9.73. The van der Waals surface area contributed by atoms with Crippen molar-refractivity contribution in [1.82, 2.24) is 5.01 Å². The summed E-state index contributed by atoms with van der Waals surface area (Å²) in [4.78, 5) is 1.19.